The predicted octanol–water partition coefficient (Wildman–Crippen LogP) is 9.27. The molecule has 0 fully saturated rings. The molecule has 31 heavy (non-hydrogen) atoms. The lowest BCUT2D eigenvalue weighted by Crippen LogP contribution is -2.25. The smallest absolute Gasteiger partial charge is 0.0466 e. The van der Waals surface area contributed by atoms with Crippen molar-refractivity contribution >= 4 is 0 Å². The van der Waals surface area contributed by atoms with Gasteiger partial charge in [0.05, 0.1) is 0 Å². The van der Waals surface area contributed by atoms with Crippen LogP contribution in [0.3, 0.4) is 0 Å². The Hall–Kier alpha value is -0.0800. The molecule has 2 unspecified atom stereocenters. The maximum absolute atomic E-state index is 5.93. The summed E-state index contributed by atoms with van der Waals surface area (Å²) in [4.78, 5) is 2.53. The molecule has 0 saturated heterocycles. The van der Waals surface area contributed by atoms with Crippen LogP contribution in [0.2, 0.25) is 0 Å². The summed E-state index contributed by atoms with van der Waals surface area (Å²) in [6.07, 6.45) is 24.8. The van der Waals surface area contributed by atoms with Crippen molar-refractivity contribution in [3.05, 3.63) is 0 Å². The summed E-state index contributed by atoms with van der Waals surface area (Å²) in [7, 11) is 2.29. The molecule has 188 valence electrons. The molecular formula is C29H61NO. The van der Waals surface area contributed by atoms with Crippen molar-refractivity contribution < 1.29 is 4.74 Å². The molecule has 0 saturated carbocycles. The quantitative estimate of drug-likeness (QED) is 0.131. The molecule has 0 spiro atoms. The van der Waals surface area contributed by atoms with Crippen LogP contribution < -0.4 is 0 Å². The van der Waals surface area contributed by atoms with Crippen LogP contribution in [0.25, 0.3) is 0 Å². The van der Waals surface area contributed by atoms with Gasteiger partial charge in [-0.25, -0.2) is 0 Å². The fraction of sp³-hybridized carbons (Fsp3) is 1.00. The van der Waals surface area contributed by atoms with Crippen molar-refractivity contribution in [1.29, 1.82) is 0 Å². The van der Waals surface area contributed by atoms with E-state index in [1.165, 1.54) is 129 Å². The number of rotatable bonds is 25. The highest BCUT2D eigenvalue weighted by Gasteiger charge is 2.08. The standard InChI is InChI=1S/C29H61NO/c1-6-9-12-14-20-28(4)27-30(5)24-17-19-26-31-25-18-16-23-29(21-11-8-3)22-15-13-10-7-2/h28-29H,6-27H2,1-5H3. The van der Waals surface area contributed by atoms with Gasteiger partial charge in [-0.05, 0) is 51.1 Å². The Morgan fingerprint density at radius 3 is 1.71 bits per heavy atom. The lowest BCUT2D eigenvalue weighted by Gasteiger charge is -2.21. The molecule has 0 aliphatic carbocycles. The van der Waals surface area contributed by atoms with Gasteiger partial charge in [0, 0.05) is 19.8 Å². The summed E-state index contributed by atoms with van der Waals surface area (Å²) in [5, 5.41) is 0. The zero-order valence-electron chi connectivity index (χ0n) is 22.6. The maximum Gasteiger partial charge on any atom is 0.0466 e. The molecule has 0 aromatic heterocycles. The summed E-state index contributed by atoms with van der Waals surface area (Å²) in [5.41, 5.74) is 0. The minimum atomic E-state index is 0.839. The Labute approximate surface area is 198 Å². The second-order valence-corrected chi connectivity index (χ2v) is 10.4. The Balaban J connectivity index is 3.56. The van der Waals surface area contributed by atoms with Crippen molar-refractivity contribution in [3.63, 3.8) is 0 Å². The molecule has 0 heterocycles. The number of nitrogens with zero attached hydrogens (tertiary/aromatic N) is 1. The van der Waals surface area contributed by atoms with Gasteiger partial charge in [-0.15, -0.1) is 0 Å². The van der Waals surface area contributed by atoms with Gasteiger partial charge in [-0.2, -0.15) is 0 Å². The lowest BCUT2D eigenvalue weighted by molar-refractivity contribution is 0.122. The van der Waals surface area contributed by atoms with E-state index in [9.17, 15) is 0 Å². The fourth-order valence-electron chi connectivity index (χ4n) is 4.74. The molecule has 0 N–H and O–H groups in total. The van der Waals surface area contributed by atoms with Crippen LogP contribution in [-0.4, -0.2) is 38.3 Å². The molecule has 0 rings (SSSR count). The molecule has 2 nitrogen and oxygen atoms in total. The van der Waals surface area contributed by atoms with Gasteiger partial charge in [0.2, 0.25) is 0 Å². The van der Waals surface area contributed by atoms with Gasteiger partial charge < -0.3 is 9.64 Å². The van der Waals surface area contributed by atoms with E-state index in [2.05, 4.69) is 39.6 Å². The SMILES string of the molecule is CCCCCCC(C)CN(C)CCCCOCCCCC(CCCC)CCCCCC. The third kappa shape index (κ3) is 22.9. The Kier molecular flexibility index (Phi) is 24.5. The van der Waals surface area contributed by atoms with E-state index in [0.29, 0.717) is 0 Å². The first-order chi connectivity index (χ1) is 15.1. The minimum Gasteiger partial charge on any atom is -0.381 e. The molecular weight excluding hydrogens is 378 g/mol. The third-order valence-corrected chi connectivity index (χ3v) is 6.84. The number of ether oxygens (including phenoxy) is 1. The van der Waals surface area contributed by atoms with E-state index in [1.54, 1.807) is 0 Å². The normalized spacial score (nSPS) is 13.7. The monoisotopic (exact) mass is 439 g/mol. The van der Waals surface area contributed by atoms with E-state index >= 15 is 0 Å². The van der Waals surface area contributed by atoms with E-state index < -0.39 is 0 Å². The summed E-state index contributed by atoms with van der Waals surface area (Å²) in [5.74, 6) is 1.81. The first-order valence-electron chi connectivity index (χ1n) is 14.4. The Morgan fingerprint density at radius 1 is 0.581 bits per heavy atom. The van der Waals surface area contributed by atoms with Crippen LogP contribution in [0.5, 0.6) is 0 Å². The zero-order valence-corrected chi connectivity index (χ0v) is 22.6. The number of hydrogen-bond acceptors (Lipinski definition) is 2. The van der Waals surface area contributed by atoms with Crippen LogP contribution in [0, 0.1) is 11.8 Å². The first kappa shape index (κ1) is 30.9. The number of hydrogen-bond donors (Lipinski definition) is 0. The van der Waals surface area contributed by atoms with Crippen LogP contribution in [-0.2, 0) is 4.74 Å². The molecule has 0 aliphatic rings. The Bertz CT molecular complexity index is 333. The van der Waals surface area contributed by atoms with Crippen molar-refractivity contribution in [3.8, 4) is 0 Å². The average Bonchev–Trinajstić information content (AvgIpc) is 2.76. The predicted molar refractivity (Wildman–Crippen MR) is 141 cm³/mol. The molecule has 0 aromatic carbocycles. The number of unbranched alkanes of at least 4 members (excludes halogenated alkanes) is 9. The molecule has 0 aliphatic heterocycles. The van der Waals surface area contributed by atoms with Gasteiger partial charge in [-0.3, -0.25) is 0 Å². The molecule has 0 bridgehead atoms. The topological polar surface area (TPSA) is 12.5 Å². The zero-order chi connectivity index (χ0) is 23.0. The van der Waals surface area contributed by atoms with Gasteiger partial charge >= 0.3 is 0 Å². The van der Waals surface area contributed by atoms with E-state index in [4.69, 9.17) is 4.74 Å². The highest BCUT2D eigenvalue weighted by molar-refractivity contribution is 4.62. The second kappa shape index (κ2) is 24.6. The van der Waals surface area contributed by atoms with E-state index in [0.717, 1.165) is 25.0 Å². The highest BCUT2D eigenvalue weighted by Crippen LogP contribution is 2.23. The van der Waals surface area contributed by atoms with Crippen LogP contribution in [0.15, 0.2) is 0 Å². The van der Waals surface area contributed by atoms with E-state index in [-0.39, 0.29) is 0 Å². The van der Waals surface area contributed by atoms with Crippen LogP contribution in [0.4, 0.5) is 0 Å². The van der Waals surface area contributed by atoms with Gasteiger partial charge in [0.15, 0.2) is 0 Å². The average molecular weight is 440 g/mol. The highest BCUT2D eigenvalue weighted by atomic mass is 16.5. The van der Waals surface area contributed by atoms with Crippen molar-refractivity contribution in [2.45, 2.75) is 143 Å². The maximum atomic E-state index is 5.93. The fourth-order valence-corrected chi connectivity index (χ4v) is 4.74. The van der Waals surface area contributed by atoms with E-state index in [1.807, 2.05) is 0 Å². The molecule has 2 heteroatoms. The molecule has 0 aromatic rings. The first-order valence-corrected chi connectivity index (χ1v) is 14.4. The van der Waals surface area contributed by atoms with Crippen molar-refractivity contribution in [2.24, 2.45) is 11.8 Å². The summed E-state index contributed by atoms with van der Waals surface area (Å²) >= 11 is 0. The van der Waals surface area contributed by atoms with Crippen molar-refractivity contribution in [1.82, 2.24) is 4.90 Å². The summed E-state index contributed by atoms with van der Waals surface area (Å²) < 4.78 is 5.93. The lowest BCUT2D eigenvalue weighted by atomic mass is 9.90. The van der Waals surface area contributed by atoms with Gasteiger partial charge in [-0.1, -0.05) is 118 Å². The van der Waals surface area contributed by atoms with Gasteiger partial charge in [0.25, 0.3) is 0 Å². The molecule has 2 atom stereocenters. The van der Waals surface area contributed by atoms with Gasteiger partial charge in [0.1, 0.15) is 0 Å². The molecule has 0 radical (unpaired) electrons. The molecule has 0 amide bonds. The third-order valence-electron chi connectivity index (χ3n) is 6.84. The second-order valence-electron chi connectivity index (χ2n) is 10.4. The Morgan fingerprint density at radius 2 is 1.10 bits per heavy atom. The van der Waals surface area contributed by atoms with Crippen molar-refractivity contribution in [2.75, 3.05) is 33.4 Å². The summed E-state index contributed by atoms with van der Waals surface area (Å²) in [6.45, 7) is 13.8. The largest absolute Gasteiger partial charge is 0.381 e. The van der Waals surface area contributed by atoms with Crippen LogP contribution in [0.1, 0.15) is 143 Å². The van der Waals surface area contributed by atoms with Crippen LogP contribution >= 0.6 is 0 Å². The summed E-state index contributed by atoms with van der Waals surface area (Å²) in [6, 6.07) is 0. The minimum absolute atomic E-state index is 0.839.